The van der Waals surface area contributed by atoms with Crippen LogP contribution >= 0.6 is 0 Å². The van der Waals surface area contributed by atoms with Crippen molar-refractivity contribution in [3.05, 3.63) is 193 Å². The maximum atomic E-state index is 5.08. The van der Waals surface area contributed by atoms with Crippen LogP contribution in [0.3, 0.4) is 0 Å². The summed E-state index contributed by atoms with van der Waals surface area (Å²) in [5.74, 6) is 0. The van der Waals surface area contributed by atoms with E-state index in [-0.39, 0.29) is 111 Å². The zero-order valence-corrected chi connectivity index (χ0v) is 53.4. The molecule has 0 spiro atoms. The fourth-order valence-electron chi connectivity index (χ4n) is 8.95. The molecular weight excluding hydrogens is 1040 g/mol. The minimum absolute atomic E-state index is 0. The van der Waals surface area contributed by atoms with Gasteiger partial charge in [-0.1, -0.05) is 124 Å². The molecule has 0 unspecified atom stereocenters. The predicted molar refractivity (Wildman–Crippen MR) is 269 cm³/mol. The summed E-state index contributed by atoms with van der Waals surface area (Å²) >= 11 is 0. The van der Waals surface area contributed by atoms with Crippen LogP contribution in [0.2, 0.25) is 0 Å². The van der Waals surface area contributed by atoms with Gasteiger partial charge >= 0.3 is 39.0 Å². The topological polar surface area (TPSA) is 95.1 Å². The summed E-state index contributed by atoms with van der Waals surface area (Å²) in [6.07, 6.45) is 10.0. The van der Waals surface area contributed by atoms with Crippen LogP contribution in [-0.4, -0.2) is 15.0 Å². The van der Waals surface area contributed by atoms with E-state index >= 15 is 0 Å². The van der Waals surface area contributed by atoms with E-state index in [9.17, 15) is 0 Å². The van der Waals surface area contributed by atoms with Gasteiger partial charge in [-0.05, 0) is 79.2 Å². The standard InChI is InChI=1S/C32H28N3.C22H18N4.3CH3.4Zn/c1-19-12-20(2)30(21(3)13-19)31-28-10-8-24(34-28)15-22-14-23(32(4,5)18-22)16-25-6-7-26(33-25)17-27-9-11-29(31)35-27;1-22(2)13-20-11-18-6-5-16(24-18)9-14-3-4-15(23-14)10-17-7-8-19(25-17)12-21(22)26-20;;;;;;;/h6-13,15-17H,18H2,1-5H3;3-12H,13H2,1-2H3;3*1H3;;;;/q-3;-2;3*-1;;;2*+2. The number of benzene rings is 1. The molecule has 6 aromatic heterocycles. The molecule has 11 heteroatoms. The molecule has 330 valence electrons. The zero-order chi connectivity index (χ0) is 42.0. The SMILES string of the molecule is CC1(C)Cc2cc3ccc(cc4nc(cc5ccc(cc1n2)[n-]5)C=C4)[n-]3.Cc1cc(C)c(-c2c3nc(cc4ccc(cc5[c-]c(cc6ccc2[n-]6)CC5(C)C)[n-]4)C=C3)c(C)c1.[CH3-].[CH3-].[CH3-].[Zn+2].[Zn+2].[Zn].[Zn]. The molecule has 4 aliphatic rings. The van der Waals surface area contributed by atoms with E-state index in [4.69, 9.17) is 24.9 Å². The van der Waals surface area contributed by atoms with Gasteiger partial charge in [0.1, 0.15) is 0 Å². The van der Waals surface area contributed by atoms with Crippen molar-refractivity contribution in [2.45, 2.75) is 72.1 Å². The number of rotatable bonds is 1. The molecule has 7 nitrogen and oxygen atoms in total. The van der Waals surface area contributed by atoms with Gasteiger partial charge in [0.25, 0.3) is 0 Å². The van der Waals surface area contributed by atoms with Crippen LogP contribution in [0.25, 0.3) is 79.6 Å². The van der Waals surface area contributed by atoms with Crippen molar-refractivity contribution in [3.8, 4) is 11.1 Å². The fourth-order valence-corrected chi connectivity index (χ4v) is 8.95. The normalized spacial score (nSPS) is 13.3. The number of aromatic nitrogens is 7. The van der Waals surface area contributed by atoms with Gasteiger partial charge < -0.3 is 42.2 Å². The van der Waals surface area contributed by atoms with Gasteiger partial charge in [0.2, 0.25) is 0 Å². The van der Waals surface area contributed by atoms with Crippen molar-refractivity contribution >= 4 is 68.4 Å². The average Bonchev–Trinajstić information content (AvgIpc) is 4.04. The first-order chi connectivity index (χ1) is 29.3. The molecule has 9 heterocycles. The molecule has 0 N–H and O–H groups in total. The molecule has 3 aliphatic heterocycles. The van der Waals surface area contributed by atoms with E-state index in [1.807, 2.05) is 54.6 Å². The van der Waals surface area contributed by atoms with Gasteiger partial charge in [0, 0.05) is 62.2 Å². The molecule has 7 aromatic rings. The Bertz CT molecular complexity index is 3300. The molecule has 0 saturated carbocycles. The Morgan fingerprint density at radius 3 is 1.51 bits per heavy atom. The van der Waals surface area contributed by atoms with Gasteiger partial charge in [0.15, 0.2) is 0 Å². The fraction of sp³-hybridized carbons (Fsp3) is 0.193. The minimum atomic E-state index is -0.00803. The summed E-state index contributed by atoms with van der Waals surface area (Å²) in [6.45, 7) is 15.5. The quantitative estimate of drug-likeness (QED) is 0.119. The van der Waals surface area contributed by atoms with E-state index in [2.05, 4.69) is 137 Å². The first kappa shape index (κ1) is 57.8. The van der Waals surface area contributed by atoms with Crippen LogP contribution in [0.1, 0.15) is 89.7 Å². The van der Waals surface area contributed by atoms with Crippen molar-refractivity contribution < 1.29 is 77.9 Å². The van der Waals surface area contributed by atoms with E-state index in [1.165, 1.54) is 33.4 Å². The third kappa shape index (κ3) is 12.3. The van der Waals surface area contributed by atoms with Crippen LogP contribution in [0.4, 0.5) is 0 Å². The molecule has 0 atom stereocenters. The van der Waals surface area contributed by atoms with Gasteiger partial charge in [-0.15, -0.1) is 33.1 Å². The summed E-state index contributed by atoms with van der Waals surface area (Å²) in [5.41, 5.74) is 21.6. The summed E-state index contributed by atoms with van der Waals surface area (Å²) in [4.78, 5) is 33.8. The smallest absolute Gasteiger partial charge is 0.668 e. The number of aryl methyl sites for hydroxylation is 3. The second-order valence-corrected chi connectivity index (χ2v) is 18.0. The van der Waals surface area contributed by atoms with Crippen molar-refractivity contribution in [2.75, 3.05) is 0 Å². The van der Waals surface area contributed by atoms with Gasteiger partial charge in [-0.25, -0.2) is 9.97 Å². The van der Waals surface area contributed by atoms with Crippen molar-refractivity contribution in [3.63, 3.8) is 0 Å². The summed E-state index contributed by atoms with van der Waals surface area (Å²) in [7, 11) is 0. The molecule has 11 rings (SSSR count). The van der Waals surface area contributed by atoms with Crippen LogP contribution in [0.15, 0.2) is 103 Å². The van der Waals surface area contributed by atoms with E-state index in [0.29, 0.717) is 0 Å². The molecule has 0 radical (unpaired) electrons. The summed E-state index contributed by atoms with van der Waals surface area (Å²) in [5, 5.41) is 0. The summed E-state index contributed by atoms with van der Waals surface area (Å²) < 4.78 is 0. The van der Waals surface area contributed by atoms with Crippen molar-refractivity contribution in [2.24, 2.45) is 0 Å². The second-order valence-electron chi connectivity index (χ2n) is 18.0. The van der Waals surface area contributed by atoms with Crippen LogP contribution in [0, 0.1) is 49.1 Å². The van der Waals surface area contributed by atoms with Crippen LogP contribution < -0.4 is 19.9 Å². The molecule has 0 saturated heterocycles. The molecule has 0 fully saturated rings. The molecule has 0 amide bonds. The molecular formula is C57H55N7Zn4-4. The first-order valence-corrected chi connectivity index (χ1v) is 21.0. The number of hydrogen-bond acceptors (Lipinski definition) is 3. The third-order valence-corrected chi connectivity index (χ3v) is 11.8. The van der Waals surface area contributed by atoms with Gasteiger partial charge in [-0.3, -0.25) is 4.98 Å². The largest absolute Gasteiger partial charge is 2.00 e. The summed E-state index contributed by atoms with van der Waals surface area (Å²) in [6, 6.07) is 39.1. The molecule has 68 heavy (non-hydrogen) atoms. The van der Waals surface area contributed by atoms with Crippen LogP contribution in [-0.2, 0) is 102 Å². The molecule has 1 aliphatic carbocycles. The first-order valence-electron chi connectivity index (χ1n) is 21.0. The van der Waals surface area contributed by atoms with Gasteiger partial charge in [0.05, 0.1) is 22.8 Å². The van der Waals surface area contributed by atoms with E-state index in [1.54, 1.807) is 0 Å². The Morgan fingerprint density at radius 1 is 0.471 bits per heavy atom. The van der Waals surface area contributed by atoms with Gasteiger partial charge in [-0.2, -0.15) is 40.4 Å². The Kier molecular flexibility index (Phi) is 19.5. The zero-order valence-electron chi connectivity index (χ0n) is 41.5. The van der Waals surface area contributed by atoms with Crippen molar-refractivity contribution in [1.82, 2.24) is 34.9 Å². The Hall–Kier alpha value is -4.50. The maximum absolute atomic E-state index is 5.08. The minimum Gasteiger partial charge on any atom is -0.668 e. The Morgan fingerprint density at radius 2 is 0.941 bits per heavy atom. The predicted octanol–water partition coefficient (Wildman–Crippen LogP) is 12.9. The van der Waals surface area contributed by atoms with E-state index < -0.39 is 0 Å². The monoisotopic (exact) mass is 1090 g/mol. The maximum Gasteiger partial charge on any atom is 2.00 e. The number of nitrogens with zero attached hydrogens (tertiary/aromatic N) is 7. The average molecular weight is 1100 g/mol. The van der Waals surface area contributed by atoms with E-state index in [0.717, 1.165) is 96.7 Å². The third-order valence-electron chi connectivity index (χ3n) is 11.8. The van der Waals surface area contributed by atoms with Crippen LogP contribution in [0.5, 0.6) is 0 Å². The Balaban J connectivity index is 0.000000337. The number of hydrogen-bond donors (Lipinski definition) is 0. The van der Waals surface area contributed by atoms with Crippen molar-refractivity contribution in [1.29, 1.82) is 0 Å². The second kappa shape index (κ2) is 22.9. The number of fused-ring (bicyclic) bond motifs is 16. The molecule has 1 aromatic carbocycles. The molecule has 16 bridgehead atoms. The Labute approximate surface area is 454 Å².